The molecule has 1 heterocycles. The molecule has 1 aromatic heterocycles. The zero-order valence-corrected chi connectivity index (χ0v) is 17.2. The highest BCUT2D eigenvalue weighted by molar-refractivity contribution is 6.31. The normalized spacial score (nSPS) is 11.2. The fraction of sp³-hybridized carbons (Fsp3) is 0.167. The van der Waals surface area contributed by atoms with Gasteiger partial charge < -0.3 is 9.73 Å². The molecule has 0 saturated carbocycles. The number of aromatic nitrogens is 1. The van der Waals surface area contributed by atoms with E-state index in [2.05, 4.69) is 24.1 Å². The van der Waals surface area contributed by atoms with Crippen LogP contribution >= 0.6 is 11.6 Å². The first-order valence-electron chi connectivity index (χ1n) is 9.50. The Morgan fingerprint density at radius 1 is 1.07 bits per heavy atom. The Morgan fingerprint density at radius 2 is 1.83 bits per heavy atom. The zero-order valence-electron chi connectivity index (χ0n) is 16.5. The highest BCUT2D eigenvalue weighted by atomic mass is 35.5. The summed E-state index contributed by atoms with van der Waals surface area (Å²) in [5, 5.41) is 3.61. The van der Waals surface area contributed by atoms with Crippen molar-refractivity contribution in [2.45, 2.75) is 26.7 Å². The SMILES string of the molecule is Cc1c(NC(=O)c2ccc(C(C)C)cc2)cccc1-c1nc2cc(Cl)ccc2o1. The maximum absolute atomic E-state index is 12.7. The first kappa shape index (κ1) is 19.2. The number of amides is 1. The Morgan fingerprint density at radius 3 is 2.55 bits per heavy atom. The van der Waals surface area contributed by atoms with Gasteiger partial charge in [0.25, 0.3) is 5.91 Å². The van der Waals surface area contributed by atoms with Gasteiger partial charge in [0.2, 0.25) is 5.89 Å². The molecule has 0 atom stereocenters. The quantitative estimate of drug-likeness (QED) is 0.405. The Balaban J connectivity index is 1.62. The van der Waals surface area contributed by atoms with Gasteiger partial charge in [0.05, 0.1) is 0 Å². The number of carbonyl (C=O) groups excluding carboxylic acids is 1. The molecule has 0 fully saturated rings. The Hall–Kier alpha value is -3.11. The van der Waals surface area contributed by atoms with Crippen LogP contribution in [-0.2, 0) is 0 Å². The van der Waals surface area contributed by atoms with E-state index in [1.807, 2.05) is 49.4 Å². The lowest BCUT2D eigenvalue weighted by Gasteiger charge is -2.12. The smallest absolute Gasteiger partial charge is 0.255 e. The number of anilines is 1. The number of carbonyl (C=O) groups is 1. The Kier molecular flexibility index (Phi) is 5.12. The second-order valence-corrected chi connectivity index (χ2v) is 7.78. The van der Waals surface area contributed by atoms with E-state index < -0.39 is 0 Å². The van der Waals surface area contributed by atoms with Crippen LogP contribution in [0.5, 0.6) is 0 Å². The summed E-state index contributed by atoms with van der Waals surface area (Å²) in [6.07, 6.45) is 0. The molecular formula is C24H21ClN2O2. The van der Waals surface area contributed by atoms with Crippen molar-refractivity contribution in [3.63, 3.8) is 0 Å². The average molecular weight is 405 g/mol. The van der Waals surface area contributed by atoms with Gasteiger partial charge in [-0.3, -0.25) is 4.79 Å². The van der Waals surface area contributed by atoms with Crippen molar-refractivity contribution in [2.75, 3.05) is 5.32 Å². The molecule has 0 aliphatic carbocycles. The van der Waals surface area contributed by atoms with Crippen LogP contribution in [0.1, 0.15) is 41.3 Å². The molecule has 0 aliphatic heterocycles. The molecule has 3 aromatic carbocycles. The minimum atomic E-state index is -0.148. The van der Waals surface area contributed by atoms with Crippen molar-refractivity contribution < 1.29 is 9.21 Å². The Labute approximate surface area is 174 Å². The lowest BCUT2D eigenvalue weighted by Crippen LogP contribution is -2.13. The van der Waals surface area contributed by atoms with Crippen LogP contribution in [-0.4, -0.2) is 10.9 Å². The van der Waals surface area contributed by atoms with Crippen molar-refractivity contribution in [2.24, 2.45) is 0 Å². The summed E-state index contributed by atoms with van der Waals surface area (Å²) in [5.74, 6) is 0.777. The second kappa shape index (κ2) is 7.72. The predicted octanol–water partition coefficient (Wildman–Crippen LogP) is 6.83. The van der Waals surface area contributed by atoms with Gasteiger partial charge >= 0.3 is 0 Å². The topological polar surface area (TPSA) is 55.1 Å². The molecule has 0 bridgehead atoms. The molecule has 29 heavy (non-hydrogen) atoms. The number of rotatable bonds is 4. The maximum Gasteiger partial charge on any atom is 0.255 e. The van der Waals surface area contributed by atoms with Gasteiger partial charge in [-0.05, 0) is 66.4 Å². The van der Waals surface area contributed by atoms with Gasteiger partial charge in [-0.15, -0.1) is 0 Å². The average Bonchev–Trinajstić information content (AvgIpc) is 3.12. The minimum absolute atomic E-state index is 0.148. The molecule has 0 aliphatic rings. The molecule has 1 amide bonds. The molecule has 4 rings (SSSR count). The number of halogens is 1. The minimum Gasteiger partial charge on any atom is -0.436 e. The van der Waals surface area contributed by atoms with E-state index in [9.17, 15) is 4.79 Å². The van der Waals surface area contributed by atoms with E-state index in [0.717, 1.165) is 16.8 Å². The lowest BCUT2D eigenvalue weighted by atomic mass is 10.0. The third-order valence-electron chi connectivity index (χ3n) is 5.00. The third kappa shape index (κ3) is 3.89. The summed E-state index contributed by atoms with van der Waals surface area (Å²) in [6.45, 7) is 6.20. The van der Waals surface area contributed by atoms with Gasteiger partial charge in [-0.2, -0.15) is 0 Å². The zero-order chi connectivity index (χ0) is 20.5. The van der Waals surface area contributed by atoms with Gasteiger partial charge in [-0.25, -0.2) is 4.98 Å². The maximum atomic E-state index is 12.7. The van der Waals surface area contributed by atoms with E-state index in [1.165, 1.54) is 5.56 Å². The summed E-state index contributed by atoms with van der Waals surface area (Å²) in [4.78, 5) is 17.3. The van der Waals surface area contributed by atoms with Crippen molar-refractivity contribution in [1.82, 2.24) is 4.98 Å². The number of oxazole rings is 1. The molecule has 4 aromatic rings. The number of hydrogen-bond donors (Lipinski definition) is 1. The molecule has 0 saturated heterocycles. The number of nitrogens with zero attached hydrogens (tertiary/aromatic N) is 1. The summed E-state index contributed by atoms with van der Waals surface area (Å²) < 4.78 is 5.89. The fourth-order valence-electron chi connectivity index (χ4n) is 3.23. The molecule has 0 radical (unpaired) electrons. The van der Waals surface area contributed by atoms with Crippen LogP contribution in [0, 0.1) is 6.92 Å². The van der Waals surface area contributed by atoms with Gasteiger partial charge in [0.15, 0.2) is 5.58 Å². The van der Waals surface area contributed by atoms with E-state index >= 15 is 0 Å². The van der Waals surface area contributed by atoms with Gasteiger partial charge in [0, 0.05) is 21.8 Å². The van der Waals surface area contributed by atoms with Crippen molar-refractivity contribution in [3.05, 3.63) is 82.4 Å². The largest absolute Gasteiger partial charge is 0.436 e. The molecule has 4 nitrogen and oxygen atoms in total. The molecule has 5 heteroatoms. The van der Waals surface area contributed by atoms with Crippen LogP contribution in [0.4, 0.5) is 5.69 Å². The standard InChI is InChI=1S/C24H21ClN2O2/c1-14(2)16-7-9-17(10-8-16)23(28)26-20-6-4-5-19(15(20)3)24-27-21-13-18(25)11-12-22(21)29-24/h4-14H,1-3H3,(H,26,28). The molecular weight excluding hydrogens is 384 g/mol. The molecule has 1 N–H and O–H groups in total. The van der Waals surface area contributed by atoms with E-state index in [-0.39, 0.29) is 5.91 Å². The Bertz CT molecular complexity index is 1190. The number of benzene rings is 3. The highest BCUT2D eigenvalue weighted by Crippen LogP contribution is 2.31. The summed E-state index contributed by atoms with van der Waals surface area (Å²) in [6, 6.07) is 18.7. The van der Waals surface area contributed by atoms with Crippen LogP contribution in [0.25, 0.3) is 22.6 Å². The summed E-state index contributed by atoms with van der Waals surface area (Å²) in [5.41, 5.74) is 5.63. The van der Waals surface area contributed by atoms with E-state index in [4.69, 9.17) is 16.0 Å². The first-order chi connectivity index (χ1) is 13.9. The molecule has 0 unspecified atom stereocenters. The van der Waals surface area contributed by atoms with Crippen LogP contribution < -0.4 is 5.32 Å². The number of hydrogen-bond acceptors (Lipinski definition) is 3. The van der Waals surface area contributed by atoms with Crippen LogP contribution in [0.2, 0.25) is 5.02 Å². The van der Waals surface area contributed by atoms with Crippen molar-refractivity contribution >= 4 is 34.3 Å². The summed E-state index contributed by atoms with van der Waals surface area (Å²) in [7, 11) is 0. The summed E-state index contributed by atoms with van der Waals surface area (Å²) >= 11 is 6.04. The van der Waals surface area contributed by atoms with Gasteiger partial charge in [0.1, 0.15) is 5.52 Å². The monoisotopic (exact) mass is 404 g/mol. The fourth-order valence-corrected chi connectivity index (χ4v) is 3.40. The van der Waals surface area contributed by atoms with Crippen molar-refractivity contribution in [3.8, 4) is 11.5 Å². The third-order valence-corrected chi connectivity index (χ3v) is 5.24. The highest BCUT2D eigenvalue weighted by Gasteiger charge is 2.15. The number of nitrogens with one attached hydrogen (secondary N) is 1. The number of fused-ring (bicyclic) bond motifs is 1. The second-order valence-electron chi connectivity index (χ2n) is 7.34. The molecule has 0 spiro atoms. The van der Waals surface area contributed by atoms with Crippen LogP contribution in [0.3, 0.4) is 0 Å². The molecule has 146 valence electrons. The van der Waals surface area contributed by atoms with E-state index in [1.54, 1.807) is 18.2 Å². The van der Waals surface area contributed by atoms with Crippen molar-refractivity contribution in [1.29, 1.82) is 0 Å². The predicted molar refractivity (Wildman–Crippen MR) is 118 cm³/mol. The lowest BCUT2D eigenvalue weighted by molar-refractivity contribution is 0.102. The van der Waals surface area contributed by atoms with E-state index in [0.29, 0.717) is 33.5 Å². The van der Waals surface area contributed by atoms with Gasteiger partial charge in [-0.1, -0.05) is 43.6 Å². The van der Waals surface area contributed by atoms with Crippen LogP contribution in [0.15, 0.2) is 65.1 Å². The first-order valence-corrected chi connectivity index (χ1v) is 9.87.